The van der Waals surface area contributed by atoms with Crippen molar-refractivity contribution in [3.05, 3.63) is 10.9 Å². The number of hydrogen-bond donors (Lipinski definition) is 1. The second-order valence-electron chi connectivity index (χ2n) is 3.23. The first-order valence-corrected chi connectivity index (χ1v) is 6.00. The standard InChI is InChI=1S/C9H9NO3S2/c1-4(2)13-9-10-7-5(15-9)3-6(14-7)8(11)12/h3-4H,1-2H3,(H,11,12). The maximum absolute atomic E-state index is 10.7. The molecule has 0 saturated heterocycles. The SMILES string of the molecule is CC(C)Oc1nc2sc(C(=O)O)cc2s1. The fraction of sp³-hybridized carbons (Fsp3) is 0.333. The van der Waals surface area contributed by atoms with Crippen molar-refractivity contribution in [1.82, 2.24) is 4.98 Å². The van der Waals surface area contributed by atoms with Crippen LogP contribution in [0, 0.1) is 0 Å². The van der Waals surface area contributed by atoms with Gasteiger partial charge < -0.3 is 9.84 Å². The molecule has 0 bridgehead atoms. The van der Waals surface area contributed by atoms with E-state index in [1.54, 1.807) is 6.07 Å². The zero-order valence-corrected chi connectivity index (χ0v) is 9.82. The third kappa shape index (κ3) is 2.10. The van der Waals surface area contributed by atoms with Gasteiger partial charge in [0.15, 0.2) is 0 Å². The zero-order chi connectivity index (χ0) is 11.0. The van der Waals surface area contributed by atoms with Crippen LogP contribution in [0.3, 0.4) is 0 Å². The van der Waals surface area contributed by atoms with Crippen molar-refractivity contribution < 1.29 is 14.6 Å². The van der Waals surface area contributed by atoms with Gasteiger partial charge in [-0.1, -0.05) is 11.3 Å². The van der Waals surface area contributed by atoms with Crippen molar-refractivity contribution in [1.29, 1.82) is 0 Å². The van der Waals surface area contributed by atoms with Gasteiger partial charge in [-0.25, -0.2) is 4.79 Å². The third-order valence-electron chi connectivity index (χ3n) is 1.62. The van der Waals surface area contributed by atoms with Crippen molar-refractivity contribution in [2.45, 2.75) is 20.0 Å². The van der Waals surface area contributed by atoms with E-state index in [1.165, 1.54) is 22.7 Å². The van der Waals surface area contributed by atoms with E-state index >= 15 is 0 Å². The summed E-state index contributed by atoms with van der Waals surface area (Å²) in [5.41, 5.74) is 0. The van der Waals surface area contributed by atoms with Crippen LogP contribution in [-0.4, -0.2) is 22.2 Å². The van der Waals surface area contributed by atoms with Crippen LogP contribution in [0.2, 0.25) is 0 Å². The first-order valence-electron chi connectivity index (χ1n) is 4.36. The topological polar surface area (TPSA) is 59.4 Å². The summed E-state index contributed by atoms with van der Waals surface area (Å²) in [6, 6.07) is 1.63. The summed E-state index contributed by atoms with van der Waals surface area (Å²) in [5.74, 6) is -0.906. The molecule has 0 aliphatic rings. The van der Waals surface area contributed by atoms with Crippen LogP contribution >= 0.6 is 22.7 Å². The Morgan fingerprint density at radius 3 is 2.80 bits per heavy atom. The molecule has 0 radical (unpaired) electrons. The van der Waals surface area contributed by atoms with Gasteiger partial charge in [-0.15, -0.1) is 11.3 Å². The highest BCUT2D eigenvalue weighted by Gasteiger charge is 2.13. The van der Waals surface area contributed by atoms with Crippen LogP contribution in [-0.2, 0) is 0 Å². The number of carbonyl (C=O) groups is 1. The average molecular weight is 243 g/mol. The molecule has 0 atom stereocenters. The summed E-state index contributed by atoms with van der Waals surface area (Å²) in [4.78, 5) is 15.9. The quantitative estimate of drug-likeness (QED) is 0.900. The molecule has 0 spiro atoms. The first kappa shape index (κ1) is 10.4. The minimum Gasteiger partial charge on any atom is -0.477 e. The molecule has 4 nitrogen and oxygen atoms in total. The number of aromatic carboxylic acids is 1. The Labute approximate surface area is 94.1 Å². The monoisotopic (exact) mass is 243 g/mol. The minimum atomic E-state index is -0.906. The second-order valence-corrected chi connectivity index (χ2v) is 5.26. The Morgan fingerprint density at radius 1 is 1.53 bits per heavy atom. The molecule has 2 aromatic heterocycles. The summed E-state index contributed by atoms with van der Waals surface area (Å²) in [6.07, 6.45) is 0.0872. The summed E-state index contributed by atoms with van der Waals surface area (Å²) in [7, 11) is 0. The molecule has 0 aliphatic carbocycles. The molecule has 0 unspecified atom stereocenters. The van der Waals surface area contributed by atoms with Gasteiger partial charge in [0.1, 0.15) is 9.71 Å². The molecule has 0 amide bonds. The Balaban J connectivity index is 2.34. The Morgan fingerprint density at radius 2 is 2.27 bits per heavy atom. The molecule has 0 aliphatic heterocycles. The van der Waals surface area contributed by atoms with Gasteiger partial charge in [0.25, 0.3) is 5.19 Å². The van der Waals surface area contributed by atoms with Crippen molar-refractivity contribution in [2.24, 2.45) is 0 Å². The van der Waals surface area contributed by atoms with E-state index in [-0.39, 0.29) is 6.10 Å². The van der Waals surface area contributed by atoms with Crippen LogP contribution < -0.4 is 4.74 Å². The molecule has 2 rings (SSSR count). The fourth-order valence-electron chi connectivity index (χ4n) is 1.07. The molecule has 0 saturated carbocycles. The number of rotatable bonds is 3. The summed E-state index contributed by atoms with van der Waals surface area (Å²) >= 11 is 2.55. The van der Waals surface area contributed by atoms with Crippen LogP contribution in [0.15, 0.2) is 6.07 Å². The smallest absolute Gasteiger partial charge is 0.345 e. The van der Waals surface area contributed by atoms with E-state index in [4.69, 9.17) is 9.84 Å². The lowest BCUT2D eigenvalue weighted by Crippen LogP contribution is -2.04. The number of ether oxygens (including phenoxy) is 1. The van der Waals surface area contributed by atoms with Gasteiger partial charge in [-0.05, 0) is 19.9 Å². The summed E-state index contributed by atoms with van der Waals surface area (Å²) < 4.78 is 6.29. The summed E-state index contributed by atoms with van der Waals surface area (Å²) in [5, 5.41) is 9.38. The molecule has 2 aromatic rings. The van der Waals surface area contributed by atoms with E-state index in [1.807, 2.05) is 13.8 Å². The normalized spacial score (nSPS) is 11.1. The van der Waals surface area contributed by atoms with Crippen LogP contribution in [0.25, 0.3) is 9.53 Å². The highest BCUT2D eigenvalue weighted by atomic mass is 32.1. The minimum absolute atomic E-state index is 0.0872. The maximum atomic E-state index is 10.7. The average Bonchev–Trinajstić information content (AvgIpc) is 2.58. The number of fused-ring (bicyclic) bond motifs is 1. The van der Waals surface area contributed by atoms with Gasteiger partial charge in [0.05, 0.1) is 10.8 Å². The molecule has 1 N–H and O–H groups in total. The highest BCUT2D eigenvalue weighted by molar-refractivity contribution is 7.28. The van der Waals surface area contributed by atoms with Gasteiger partial charge in [0, 0.05) is 0 Å². The van der Waals surface area contributed by atoms with Crippen molar-refractivity contribution in [2.75, 3.05) is 0 Å². The molecule has 6 heteroatoms. The van der Waals surface area contributed by atoms with Gasteiger partial charge in [0.2, 0.25) is 0 Å². The molecule has 80 valence electrons. The Kier molecular flexibility index (Phi) is 2.62. The number of thiophene rings is 1. The Hall–Kier alpha value is -1.14. The van der Waals surface area contributed by atoms with Crippen LogP contribution in [0.5, 0.6) is 5.19 Å². The molecule has 2 heterocycles. The van der Waals surface area contributed by atoms with Gasteiger partial charge in [-0.2, -0.15) is 4.98 Å². The van der Waals surface area contributed by atoms with Crippen LogP contribution in [0.1, 0.15) is 23.5 Å². The lowest BCUT2D eigenvalue weighted by Gasteiger charge is -2.03. The lowest BCUT2D eigenvalue weighted by atomic mass is 10.5. The number of hydrogen-bond acceptors (Lipinski definition) is 5. The fourth-order valence-corrected chi connectivity index (χ4v) is 3.09. The van der Waals surface area contributed by atoms with Gasteiger partial charge >= 0.3 is 5.97 Å². The lowest BCUT2D eigenvalue weighted by molar-refractivity contribution is 0.0702. The number of carboxylic acids is 1. The summed E-state index contributed by atoms with van der Waals surface area (Å²) in [6.45, 7) is 3.86. The molecular weight excluding hydrogens is 234 g/mol. The number of nitrogens with zero attached hydrogens (tertiary/aromatic N) is 1. The van der Waals surface area contributed by atoms with E-state index in [0.717, 1.165) is 9.53 Å². The Bertz CT molecular complexity index is 469. The van der Waals surface area contributed by atoms with Crippen molar-refractivity contribution in [3.8, 4) is 5.19 Å². The van der Waals surface area contributed by atoms with Crippen molar-refractivity contribution in [3.63, 3.8) is 0 Å². The first-order chi connectivity index (χ1) is 7.06. The van der Waals surface area contributed by atoms with Crippen molar-refractivity contribution >= 4 is 38.2 Å². The van der Waals surface area contributed by atoms with E-state index < -0.39 is 5.97 Å². The maximum Gasteiger partial charge on any atom is 0.345 e. The van der Waals surface area contributed by atoms with E-state index in [2.05, 4.69) is 4.98 Å². The molecule has 0 fully saturated rings. The van der Waals surface area contributed by atoms with E-state index in [9.17, 15) is 4.79 Å². The predicted molar refractivity (Wildman–Crippen MR) is 60.2 cm³/mol. The predicted octanol–water partition coefficient (Wildman–Crippen LogP) is 2.84. The number of aromatic nitrogens is 1. The molecule has 0 aromatic carbocycles. The van der Waals surface area contributed by atoms with E-state index in [0.29, 0.717) is 10.1 Å². The highest BCUT2D eigenvalue weighted by Crippen LogP contribution is 2.34. The third-order valence-corrected chi connectivity index (χ3v) is 3.66. The second kappa shape index (κ2) is 3.79. The largest absolute Gasteiger partial charge is 0.477 e. The zero-order valence-electron chi connectivity index (χ0n) is 8.18. The number of thiazole rings is 1. The number of carboxylic acid groups (broad SMARTS) is 1. The van der Waals surface area contributed by atoms with Gasteiger partial charge in [-0.3, -0.25) is 0 Å². The van der Waals surface area contributed by atoms with Crippen LogP contribution in [0.4, 0.5) is 0 Å². The molecule has 15 heavy (non-hydrogen) atoms. The molecular formula is C9H9NO3S2.